The van der Waals surface area contributed by atoms with Gasteiger partial charge in [-0.15, -0.1) is 0 Å². The lowest BCUT2D eigenvalue weighted by atomic mass is 10.1. The molecule has 0 amide bonds. The second kappa shape index (κ2) is 5.36. The van der Waals surface area contributed by atoms with E-state index in [0.717, 1.165) is 31.8 Å². The molecule has 1 heterocycles. The number of anilines is 1. The van der Waals surface area contributed by atoms with E-state index in [-0.39, 0.29) is 0 Å². The quantitative estimate of drug-likeness (QED) is 0.766. The van der Waals surface area contributed by atoms with Crippen LogP contribution in [0.3, 0.4) is 0 Å². The van der Waals surface area contributed by atoms with Crippen LogP contribution in [0, 0.1) is 5.82 Å². The van der Waals surface area contributed by atoms with Gasteiger partial charge in [0, 0.05) is 31.9 Å². The largest absolute Gasteiger partial charge is 0.416 e. The number of likely N-dealkylation sites (N-methyl/N-ethyl adjacent to an activating group) is 1. The minimum Gasteiger partial charge on any atom is -0.369 e. The van der Waals surface area contributed by atoms with E-state index in [9.17, 15) is 17.6 Å². The van der Waals surface area contributed by atoms with Gasteiger partial charge in [0.25, 0.3) is 0 Å². The highest BCUT2D eigenvalue weighted by Crippen LogP contribution is 2.32. The van der Waals surface area contributed by atoms with E-state index in [2.05, 4.69) is 4.90 Å². The minimum absolute atomic E-state index is 0.308. The molecule has 1 aliphatic heterocycles. The maximum Gasteiger partial charge on any atom is 0.416 e. The highest BCUT2D eigenvalue weighted by molar-refractivity contribution is 5.50. The highest BCUT2D eigenvalue weighted by Gasteiger charge is 2.32. The van der Waals surface area contributed by atoms with Crippen molar-refractivity contribution in [1.29, 1.82) is 0 Å². The Morgan fingerprint density at radius 1 is 1.05 bits per heavy atom. The minimum atomic E-state index is -4.51. The third kappa shape index (κ3) is 3.37. The molecule has 2 nitrogen and oxygen atoms in total. The Balaban J connectivity index is 2.19. The maximum atomic E-state index is 13.3. The van der Waals surface area contributed by atoms with E-state index in [4.69, 9.17) is 0 Å². The fraction of sp³-hybridized carbons (Fsp3) is 0.538. The van der Waals surface area contributed by atoms with Crippen molar-refractivity contribution >= 4 is 5.69 Å². The molecule has 1 aromatic carbocycles. The lowest BCUT2D eigenvalue weighted by Crippen LogP contribution is -2.46. The van der Waals surface area contributed by atoms with Crippen LogP contribution in [0.15, 0.2) is 18.2 Å². The SMILES string of the molecule is CCN1CCN(c2cc(F)cc(C(F)(F)F)c2)CC1. The average molecular weight is 276 g/mol. The van der Waals surface area contributed by atoms with Crippen LogP contribution < -0.4 is 4.90 Å². The summed E-state index contributed by atoms with van der Waals surface area (Å²) in [6.45, 7) is 5.77. The fourth-order valence-electron chi connectivity index (χ4n) is 2.24. The van der Waals surface area contributed by atoms with Crippen molar-refractivity contribution in [3.63, 3.8) is 0 Å². The van der Waals surface area contributed by atoms with Gasteiger partial charge in [-0.25, -0.2) is 4.39 Å². The van der Waals surface area contributed by atoms with E-state index >= 15 is 0 Å². The van der Waals surface area contributed by atoms with Crippen molar-refractivity contribution in [3.05, 3.63) is 29.6 Å². The predicted molar refractivity (Wildman–Crippen MR) is 65.7 cm³/mol. The summed E-state index contributed by atoms with van der Waals surface area (Å²) in [5.74, 6) is -0.845. The number of alkyl halides is 3. The number of halogens is 4. The van der Waals surface area contributed by atoms with E-state index in [1.54, 1.807) is 4.90 Å². The molecule has 0 aromatic heterocycles. The molecule has 1 aromatic rings. The maximum absolute atomic E-state index is 13.3. The molecule has 1 saturated heterocycles. The first-order valence-corrected chi connectivity index (χ1v) is 6.25. The van der Waals surface area contributed by atoms with Gasteiger partial charge < -0.3 is 9.80 Å². The summed E-state index contributed by atoms with van der Waals surface area (Å²) < 4.78 is 51.2. The molecular weight excluding hydrogens is 260 g/mol. The van der Waals surface area contributed by atoms with Gasteiger partial charge in [-0.1, -0.05) is 6.92 Å². The second-order valence-electron chi connectivity index (χ2n) is 4.62. The van der Waals surface area contributed by atoms with Crippen LogP contribution >= 0.6 is 0 Å². The highest BCUT2D eigenvalue weighted by atomic mass is 19.4. The van der Waals surface area contributed by atoms with Crippen LogP contribution in [0.2, 0.25) is 0 Å². The lowest BCUT2D eigenvalue weighted by Gasteiger charge is -2.35. The summed E-state index contributed by atoms with van der Waals surface area (Å²) in [4.78, 5) is 4.00. The standard InChI is InChI=1S/C13H16F4N2/c1-2-18-3-5-19(6-4-18)12-8-10(13(15,16)17)7-11(14)9-12/h7-9H,2-6H2,1H3. The summed E-state index contributed by atoms with van der Waals surface area (Å²) in [5.41, 5.74) is -0.622. The zero-order valence-electron chi connectivity index (χ0n) is 10.7. The second-order valence-corrected chi connectivity index (χ2v) is 4.62. The van der Waals surface area contributed by atoms with E-state index in [0.29, 0.717) is 24.8 Å². The summed E-state index contributed by atoms with van der Waals surface area (Å²) >= 11 is 0. The molecule has 1 aliphatic rings. The molecule has 0 radical (unpaired) electrons. The van der Waals surface area contributed by atoms with Crippen LogP contribution in [-0.4, -0.2) is 37.6 Å². The van der Waals surface area contributed by atoms with Crippen LogP contribution in [0.1, 0.15) is 12.5 Å². The monoisotopic (exact) mass is 276 g/mol. The molecule has 0 atom stereocenters. The van der Waals surface area contributed by atoms with E-state index in [1.807, 2.05) is 6.92 Å². The molecule has 1 fully saturated rings. The number of hydrogen-bond acceptors (Lipinski definition) is 2. The predicted octanol–water partition coefficient (Wildman–Crippen LogP) is 2.99. The Hall–Kier alpha value is -1.30. The number of benzene rings is 1. The van der Waals surface area contributed by atoms with Crippen molar-refractivity contribution in [3.8, 4) is 0 Å². The molecule has 19 heavy (non-hydrogen) atoms. The molecule has 0 aliphatic carbocycles. The van der Waals surface area contributed by atoms with Gasteiger partial charge >= 0.3 is 6.18 Å². The zero-order chi connectivity index (χ0) is 14.0. The normalized spacial score (nSPS) is 17.8. The third-order valence-corrected chi connectivity index (χ3v) is 3.39. The molecule has 0 N–H and O–H groups in total. The topological polar surface area (TPSA) is 6.48 Å². The smallest absolute Gasteiger partial charge is 0.369 e. The molecule has 6 heteroatoms. The van der Waals surface area contributed by atoms with E-state index < -0.39 is 17.6 Å². The van der Waals surface area contributed by atoms with Crippen LogP contribution in [0.5, 0.6) is 0 Å². The molecule has 0 bridgehead atoms. The number of rotatable bonds is 2. The van der Waals surface area contributed by atoms with Crippen molar-refractivity contribution in [2.45, 2.75) is 13.1 Å². The van der Waals surface area contributed by atoms with Gasteiger partial charge in [0.15, 0.2) is 0 Å². The first-order chi connectivity index (χ1) is 8.90. The first kappa shape index (κ1) is 14.1. The van der Waals surface area contributed by atoms with Gasteiger partial charge in [0.05, 0.1) is 5.56 Å². The Morgan fingerprint density at radius 3 is 2.21 bits per heavy atom. The fourth-order valence-corrected chi connectivity index (χ4v) is 2.24. The van der Waals surface area contributed by atoms with Crippen molar-refractivity contribution in [1.82, 2.24) is 4.90 Å². The average Bonchev–Trinajstić information content (AvgIpc) is 2.37. The Labute approximate surface area is 109 Å². The van der Waals surface area contributed by atoms with Crippen LogP contribution in [0.25, 0.3) is 0 Å². The van der Waals surface area contributed by atoms with Gasteiger partial charge in [-0.2, -0.15) is 13.2 Å². The molecule has 2 rings (SSSR count). The summed E-state index contributed by atoms with van der Waals surface area (Å²) in [6.07, 6.45) is -4.51. The summed E-state index contributed by atoms with van der Waals surface area (Å²) in [6, 6.07) is 2.72. The van der Waals surface area contributed by atoms with E-state index in [1.165, 1.54) is 0 Å². The Kier molecular flexibility index (Phi) is 3.99. The lowest BCUT2D eigenvalue weighted by molar-refractivity contribution is -0.137. The van der Waals surface area contributed by atoms with Gasteiger partial charge in [-0.3, -0.25) is 0 Å². The Morgan fingerprint density at radius 2 is 1.68 bits per heavy atom. The Bertz CT molecular complexity index is 437. The number of hydrogen-bond donors (Lipinski definition) is 0. The van der Waals surface area contributed by atoms with Crippen molar-refractivity contribution in [2.75, 3.05) is 37.6 Å². The molecule has 0 saturated carbocycles. The zero-order valence-corrected chi connectivity index (χ0v) is 10.7. The third-order valence-electron chi connectivity index (χ3n) is 3.39. The summed E-state index contributed by atoms with van der Waals surface area (Å²) in [5, 5.41) is 0. The summed E-state index contributed by atoms with van der Waals surface area (Å²) in [7, 11) is 0. The van der Waals surface area contributed by atoms with Gasteiger partial charge in [-0.05, 0) is 24.7 Å². The van der Waals surface area contributed by atoms with Crippen LogP contribution in [0.4, 0.5) is 23.2 Å². The van der Waals surface area contributed by atoms with Gasteiger partial charge in [0.2, 0.25) is 0 Å². The van der Waals surface area contributed by atoms with Crippen LogP contribution in [-0.2, 0) is 6.18 Å². The molecule has 106 valence electrons. The molecular formula is C13H16F4N2. The van der Waals surface area contributed by atoms with Crippen molar-refractivity contribution < 1.29 is 17.6 Å². The first-order valence-electron chi connectivity index (χ1n) is 6.25. The number of piperazine rings is 1. The molecule has 0 unspecified atom stereocenters. The number of nitrogens with zero attached hydrogens (tertiary/aromatic N) is 2. The van der Waals surface area contributed by atoms with Gasteiger partial charge in [0.1, 0.15) is 5.82 Å². The van der Waals surface area contributed by atoms with Crippen molar-refractivity contribution in [2.24, 2.45) is 0 Å². The molecule has 0 spiro atoms.